The lowest BCUT2D eigenvalue weighted by atomic mass is 9.79. The minimum absolute atomic E-state index is 0.157. The van der Waals surface area contributed by atoms with Gasteiger partial charge in [0.2, 0.25) is 0 Å². The minimum atomic E-state index is 0.157. The summed E-state index contributed by atoms with van der Waals surface area (Å²) in [4.78, 5) is 4.24. The Bertz CT molecular complexity index is 443. The Morgan fingerprint density at radius 2 is 2.26 bits per heavy atom. The molecule has 1 aromatic rings. The van der Waals surface area contributed by atoms with Crippen LogP contribution in [0, 0.1) is 16.7 Å². The van der Waals surface area contributed by atoms with E-state index in [-0.39, 0.29) is 5.41 Å². The van der Waals surface area contributed by atoms with Crippen molar-refractivity contribution in [3.63, 3.8) is 0 Å². The second-order valence-electron chi connectivity index (χ2n) is 5.06. The number of hydrogen-bond donors (Lipinski definition) is 2. The molecule has 5 heteroatoms. The van der Waals surface area contributed by atoms with Gasteiger partial charge >= 0.3 is 0 Å². The number of piperidine rings is 1. The molecule has 1 saturated heterocycles. The van der Waals surface area contributed by atoms with Crippen molar-refractivity contribution >= 4 is 5.82 Å². The van der Waals surface area contributed by atoms with Gasteiger partial charge in [0, 0.05) is 19.1 Å². The van der Waals surface area contributed by atoms with Crippen molar-refractivity contribution in [3.05, 3.63) is 23.9 Å². The third kappa shape index (κ3) is 3.66. The van der Waals surface area contributed by atoms with E-state index < -0.39 is 0 Å². The van der Waals surface area contributed by atoms with E-state index >= 15 is 0 Å². The second-order valence-corrected chi connectivity index (χ2v) is 5.06. The Kier molecular flexibility index (Phi) is 4.72. The Labute approximate surface area is 114 Å². The lowest BCUT2D eigenvalue weighted by Gasteiger charge is -2.37. The first-order valence-electron chi connectivity index (χ1n) is 6.59. The van der Waals surface area contributed by atoms with Crippen molar-refractivity contribution in [2.45, 2.75) is 12.8 Å². The predicted octanol–water partition coefficient (Wildman–Crippen LogP) is 1.38. The van der Waals surface area contributed by atoms with E-state index in [9.17, 15) is 0 Å². The van der Waals surface area contributed by atoms with Gasteiger partial charge in [0.15, 0.2) is 0 Å². The molecular weight excluding hydrogens is 240 g/mol. The highest BCUT2D eigenvalue weighted by atomic mass is 16.5. The lowest BCUT2D eigenvalue weighted by molar-refractivity contribution is 0.0635. The van der Waals surface area contributed by atoms with Crippen molar-refractivity contribution in [1.82, 2.24) is 10.3 Å². The van der Waals surface area contributed by atoms with Crippen LogP contribution in [-0.4, -0.2) is 38.3 Å². The Morgan fingerprint density at radius 1 is 1.47 bits per heavy atom. The molecule has 2 N–H and O–H groups in total. The average molecular weight is 260 g/mol. The molecule has 0 bridgehead atoms. The fraction of sp³-hybridized carbons (Fsp3) is 0.571. The maximum Gasteiger partial charge on any atom is 0.142 e. The number of methoxy groups -OCH3 is 1. The van der Waals surface area contributed by atoms with E-state index in [4.69, 9.17) is 10.00 Å². The first-order valence-corrected chi connectivity index (χ1v) is 6.59. The Hall–Kier alpha value is -1.64. The van der Waals surface area contributed by atoms with Crippen LogP contribution in [0.2, 0.25) is 0 Å². The molecule has 1 aromatic heterocycles. The third-order valence-electron chi connectivity index (χ3n) is 3.62. The summed E-state index contributed by atoms with van der Waals surface area (Å²) in [6.45, 7) is 3.62. The number of anilines is 1. The molecule has 2 heterocycles. The number of nitrogens with one attached hydrogen (secondary N) is 2. The van der Waals surface area contributed by atoms with E-state index in [1.807, 2.05) is 12.1 Å². The summed E-state index contributed by atoms with van der Waals surface area (Å²) in [5.74, 6) is 0.757. The van der Waals surface area contributed by atoms with Gasteiger partial charge in [0.25, 0.3) is 0 Å². The normalized spacial score (nSPS) is 17.7. The third-order valence-corrected chi connectivity index (χ3v) is 3.62. The van der Waals surface area contributed by atoms with Crippen molar-refractivity contribution in [1.29, 1.82) is 5.26 Å². The van der Waals surface area contributed by atoms with Crippen LogP contribution in [0.5, 0.6) is 0 Å². The molecule has 0 atom stereocenters. The zero-order valence-electron chi connectivity index (χ0n) is 11.3. The van der Waals surface area contributed by atoms with Crippen LogP contribution in [-0.2, 0) is 4.74 Å². The Balaban J connectivity index is 2.00. The minimum Gasteiger partial charge on any atom is -0.384 e. The number of rotatable bonds is 5. The highest BCUT2D eigenvalue weighted by molar-refractivity contribution is 5.38. The standard InChI is InChI=1S/C14H20N4O/c1-19-11-14(5-7-16-8-6-14)10-17-13-4-2-3-12(9-15)18-13/h2-4,16H,5-8,10-11H2,1H3,(H,17,18). The highest BCUT2D eigenvalue weighted by Crippen LogP contribution is 2.29. The summed E-state index contributed by atoms with van der Waals surface area (Å²) in [5.41, 5.74) is 0.598. The summed E-state index contributed by atoms with van der Waals surface area (Å²) in [7, 11) is 1.75. The molecular formula is C14H20N4O. The van der Waals surface area contributed by atoms with Crippen molar-refractivity contribution in [2.75, 3.05) is 38.7 Å². The smallest absolute Gasteiger partial charge is 0.142 e. The van der Waals surface area contributed by atoms with Crippen LogP contribution >= 0.6 is 0 Å². The van der Waals surface area contributed by atoms with Crippen LogP contribution in [0.1, 0.15) is 18.5 Å². The molecule has 5 nitrogen and oxygen atoms in total. The van der Waals surface area contributed by atoms with Crippen LogP contribution in [0.4, 0.5) is 5.82 Å². The summed E-state index contributed by atoms with van der Waals surface area (Å²) >= 11 is 0. The zero-order chi connectivity index (χ0) is 13.6. The largest absolute Gasteiger partial charge is 0.384 e. The number of hydrogen-bond acceptors (Lipinski definition) is 5. The molecule has 0 spiro atoms. The first-order chi connectivity index (χ1) is 9.28. The molecule has 19 heavy (non-hydrogen) atoms. The molecule has 1 aliphatic rings. The maximum absolute atomic E-state index is 8.85. The lowest BCUT2D eigenvalue weighted by Crippen LogP contribution is -2.44. The van der Waals surface area contributed by atoms with Crippen molar-refractivity contribution < 1.29 is 4.74 Å². The molecule has 0 unspecified atom stereocenters. The second kappa shape index (κ2) is 6.50. The summed E-state index contributed by atoms with van der Waals surface area (Å²) in [6.07, 6.45) is 2.18. The van der Waals surface area contributed by atoms with Gasteiger partial charge in [-0.25, -0.2) is 4.98 Å². The maximum atomic E-state index is 8.85. The van der Waals surface area contributed by atoms with Crippen molar-refractivity contribution in [3.8, 4) is 6.07 Å². The topological polar surface area (TPSA) is 70.0 Å². The average Bonchev–Trinajstić information content (AvgIpc) is 2.47. The van der Waals surface area contributed by atoms with Gasteiger partial charge < -0.3 is 15.4 Å². The SMILES string of the molecule is COCC1(CNc2cccc(C#N)n2)CCNCC1. The van der Waals surface area contributed by atoms with E-state index in [1.54, 1.807) is 13.2 Å². The molecule has 0 aromatic carbocycles. The molecule has 0 radical (unpaired) electrons. The van der Waals surface area contributed by atoms with Crippen LogP contribution in [0.25, 0.3) is 0 Å². The van der Waals surface area contributed by atoms with E-state index in [2.05, 4.69) is 21.7 Å². The fourth-order valence-electron chi connectivity index (χ4n) is 2.51. The number of aromatic nitrogens is 1. The van der Waals surface area contributed by atoms with Gasteiger partial charge in [-0.15, -0.1) is 0 Å². The molecule has 1 fully saturated rings. The van der Waals surface area contributed by atoms with Crippen LogP contribution in [0.15, 0.2) is 18.2 Å². The van der Waals surface area contributed by atoms with Gasteiger partial charge in [-0.05, 0) is 38.1 Å². The molecule has 0 saturated carbocycles. The summed E-state index contributed by atoms with van der Waals surface area (Å²) in [5, 5.41) is 15.6. The Morgan fingerprint density at radius 3 is 2.95 bits per heavy atom. The predicted molar refractivity (Wildman–Crippen MR) is 73.9 cm³/mol. The summed E-state index contributed by atoms with van der Waals surface area (Å²) < 4.78 is 5.38. The van der Waals surface area contributed by atoms with Crippen LogP contribution in [0.3, 0.4) is 0 Å². The van der Waals surface area contributed by atoms with Crippen LogP contribution < -0.4 is 10.6 Å². The van der Waals surface area contributed by atoms with Gasteiger partial charge in [0.1, 0.15) is 17.6 Å². The number of nitriles is 1. The van der Waals surface area contributed by atoms with E-state index in [1.165, 1.54) is 0 Å². The van der Waals surface area contributed by atoms with E-state index in [0.29, 0.717) is 5.69 Å². The van der Waals surface area contributed by atoms with E-state index in [0.717, 1.165) is 44.9 Å². The summed E-state index contributed by atoms with van der Waals surface area (Å²) in [6, 6.07) is 7.50. The molecule has 0 aliphatic carbocycles. The van der Waals surface area contributed by atoms with Crippen molar-refractivity contribution in [2.24, 2.45) is 5.41 Å². The molecule has 2 rings (SSSR count). The zero-order valence-corrected chi connectivity index (χ0v) is 11.3. The molecule has 1 aliphatic heterocycles. The molecule has 102 valence electrons. The van der Waals surface area contributed by atoms with Gasteiger partial charge in [-0.2, -0.15) is 5.26 Å². The number of pyridine rings is 1. The monoisotopic (exact) mass is 260 g/mol. The fourth-order valence-corrected chi connectivity index (χ4v) is 2.51. The van der Waals surface area contributed by atoms with Gasteiger partial charge in [-0.1, -0.05) is 6.07 Å². The molecule has 0 amide bonds. The van der Waals surface area contributed by atoms with Gasteiger partial charge in [0.05, 0.1) is 6.61 Å². The quantitative estimate of drug-likeness (QED) is 0.837. The van der Waals surface area contributed by atoms with Gasteiger partial charge in [-0.3, -0.25) is 0 Å². The first kappa shape index (κ1) is 13.8. The number of ether oxygens (including phenoxy) is 1. The number of nitrogens with zero attached hydrogens (tertiary/aromatic N) is 2. The highest BCUT2D eigenvalue weighted by Gasteiger charge is 2.31.